The lowest BCUT2D eigenvalue weighted by atomic mass is 9.99. The number of aryl methyl sites for hydroxylation is 1. The maximum absolute atomic E-state index is 4.86. The monoisotopic (exact) mass is 290 g/mol. The molecule has 0 aromatic carbocycles. The second-order valence-corrected chi connectivity index (χ2v) is 6.32. The quantitative estimate of drug-likeness (QED) is 0.800. The number of hydrogen-bond acceptors (Lipinski definition) is 4. The van der Waals surface area contributed by atoms with Gasteiger partial charge in [-0.25, -0.2) is 4.98 Å². The lowest BCUT2D eigenvalue weighted by Crippen LogP contribution is -2.34. The Morgan fingerprint density at radius 2 is 1.76 bits per heavy atom. The van der Waals surface area contributed by atoms with E-state index in [0.29, 0.717) is 0 Å². The predicted molar refractivity (Wildman–Crippen MR) is 90.2 cm³/mol. The number of nitrogens with zero attached hydrogens (tertiary/aromatic N) is 4. The summed E-state index contributed by atoms with van der Waals surface area (Å²) < 4.78 is 0. The molecular weight excluding hydrogens is 260 g/mol. The van der Waals surface area contributed by atoms with E-state index in [9.17, 15) is 0 Å². The number of rotatable bonds is 6. The van der Waals surface area contributed by atoms with Crippen LogP contribution in [0.15, 0.2) is 6.07 Å². The molecule has 0 spiro atoms. The van der Waals surface area contributed by atoms with Crippen molar-refractivity contribution in [2.75, 3.05) is 36.0 Å². The van der Waals surface area contributed by atoms with Crippen molar-refractivity contribution in [3.63, 3.8) is 0 Å². The van der Waals surface area contributed by atoms with Crippen LogP contribution >= 0.6 is 0 Å². The van der Waals surface area contributed by atoms with Crippen LogP contribution in [0, 0.1) is 12.8 Å². The molecule has 1 aliphatic heterocycles. The van der Waals surface area contributed by atoms with E-state index in [1.54, 1.807) is 0 Å². The van der Waals surface area contributed by atoms with Gasteiger partial charge in [0.15, 0.2) is 0 Å². The smallest absolute Gasteiger partial charge is 0.227 e. The summed E-state index contributed by atoms with van der Waals surface area (Å²) in [4.78, 5) is 14.3. The second-order valence-electron chi connectivity index (χ2n) is 6.32. The fourth-order valence-electron chi connectivity index (χ4n) is 2.93. The van der Waals surface area contributed by atoms with Crippen LogP contribution in [0.2, 0.25) is 0 Å². The first-order chi connectivity index (χ1) is 10.1. The Balaban J connectivity index is 2.19. The van der Waals surface area contributed by atoms with Crippen LogP contribution in [-0.2, 0) is 0 Å². The van der Waals surface area contributed by atoms with Crippen LogP contribution in [0.5, 0.6) is 0 Å². The molecule has 0 unspecified atom stereocenters. The highest BCUT2D eigenvalue weighted by atomic mass is 15.3. The molecule has 1 aromatic heterocycles. The van der Waals surface area contributed by atoms with E-state index >= 15 is 0 Å². The third-order valence-corrected chi connectivity index (χ3v) is 4.21. The molecule has 2 rings (SSSR count). The van der Waals surface area contributed by atoms with Gasteiger partial charge in [0.25, 0.3) is 0 Å². The van der Waals surface area contributed by atoms with Gasteiger partial charge >= 0.3 is 0 Å². The van der Waals surface area contributed by atoms with E-state index in [2.05, 4.69) is 48.5 Å². The van der Waals surface area contributed by atoms with Crippen molar-refractivity contribution in [3.05, 3.63) is 11.8 Å². The van der Waals surface area contributed by atoms with Crippen molar-refractivity contribution in [2.45, 2.75) is 53.4 Å². The molecule has 0 N–H and O–H groups in total. The van der Waals surface area contributed by atoms with Crippen molar-refractivity contribution in [1.82, 2.24) is 9.97 Å². The van der Waals surface area contributed by atoms with E-state index in [0.717, 1.165) is 62.4 Å². The minimum absolute atomic E-state index is 0.848. The summed E-state index contributed by atoms with van der Waals surface area (Å²) in [5, 5.41) is 0. The molecule has 0 radical (unpaired) electrons. The Morgan fingerprint density at radius 1 is 1.14 bits per heavy atom. The zero-order valence-electron chi connectivity index (χ0n) is 14.1. The number of hydrogen-bond donors (Lipinski definition) is 0. The molecule has 1 aliphatic rings. The Labute approximate surface area is 129 Å². The van der Waals surface area contributed by atoms with Gasteiger partial charge in [-0.1, -0.05) is 20.8 Å². The summed E-state index contributed by atoms with van der Waals surface area (Å²) >= 11 is 0. The lowest BCUT2D eigenvalue weighted by Gasteiger charge is -2.32. The summed E-state index contributed by atoms with van der Waals surface area (Å²) in [6.07, 6.45) is 4.81. The zero-order valence-corrected chi connectivity index (χ0v) is 14.1. The normalized spacial score (nSPS) is 16.3. The average molecular weight is 290 g/mol. The molecular formula is C17H30N4. The van der Waals surface area contributed by atoms with E-state index in [-0.39, 0.29) is 0 Å². The van der Waals surface area contributed by atoms with Crippen LogP contribution in [0.1, 0.15) is 52.1 Å². The number of anilines is 2. The Hall–Kier alpha value is -1.32. The standard InChI is InChI=1S/C17H30N4/c1-5-9-21(10-6-2)17-18-15(4)13-16(19-17)20-11-7-14(3)8-12-20/h13-14H,5-12H2,1-4H3. The van der Waals surface area contributed by atoms with Gasteiger partial charge in [0.1, 0.15) is 5.82 Å². The third-order valence-electron chi connectivity index (χ3n) is 4.21. The van der Waals surface area contributed by atoms with Crippen molar-refractivity contribution in [2.24, 2.45) is 5.92 Å². The number of aromatic nitrogens is 2. The molecule has 0 amide bonds. The van der Waals surface area contributed by atoms with Crippen molar-refractivity contribution in [3.8, 4) is 0 Å². The van der Waals surface area contributed by atoms with Crippen LogP contribution in [0.3, 0.4) is 0 Å². The van der Waals surface area contributed by atoms with Gasteiger partial charge in [0, 0.05) is 37.9 Å². The molecule has 2 heterocycles. The van der Waals surface area contributed by atoms with Gasteiger partial charge in [0.05, 0.1) is 0 Å². The van der Waals surface area contributed by atoms with E-state index in [1.165, 1.54) is 12.8 Å². The zero-order chi connectivity index (χ0) is 15.2. The summed E-state index contributed by atoms with van der Waals surface area (Å²) in [6, 6.07) is 2.13. The minimum atomic E-state index is 0.848. The first kappa shape index (κ1) is 16.1. The molecule has 0 saturated carbocycles. The molecule has 0 aliphatic carbocycles. The van der Waals surface area contributed by atoms with E-state index < -0.39 is 0 Å². The Kier molecular flexibility index (Phi) is 5.83. The number of piperidine rings is 1. The van der Waals surface area contributed by atoms with Crippen molar-refractivity contribution in [1.29, 1.82) is 0 Å². The van der Waals surface area contributed by atoms with Gasteiger partial charge in [-0.2, -0.15) is 4.98 Å². The summed E-state index contributed by atoms with van der Waals surface area (Å²) in [6.45, 7) is 13.2. The minimum Gasteiger partial charge on any atom is -0.356 e. The molecule has 4 nitrogen and oxygen atoms in total. The maximum Gasteiger partial charge on any atom is 0.227 e. The molecule has 4 heteroatoms. The Morgan fingerprint density at radius 3 is 2.33 bits per heavy atom. The van der Waals surface area contributed by atoms with Crippen LogP contribution in [0.4, 0.5) is 11.8 Å². The predicted octanol–water partition coefficient (Wildman–Crippen LogP) is 3.65. The summed E-state index contributed by atoms with van der Waals surface area (Å²) in [5.74, 6) is 2.87. The second kappa shape index (κ2) is 7.62. The van der Waals surface area contributed by atoms with Gasteiger partial charge in [-0.15, -0.1) is 0 Å². The highest BCUT2D eigenvalue weighted by molar-refractivity contribution is 5.46. The van der Waals surface area contributed by atoms with E-state index in [1.807, 2.05) is 0 Å². The van der Waals surface area contributed by atoms with Gasteiger partial charge < -0.3 is 9.80 Å². The highest BCUT2D eigenvalue weighted by Gasteiger charge is 2.19. The van der Waals surface area contributed by atoms with Crippen LogP contribution in [-0.4, -0.2) is 36.1 Å². The van der Waals surface area contributed by atoms with Gasteiger partial charge in [-0.3, -0.25) is 0 Å². The molecule has 1 fully saturated rings. The summed E-state index contributed by atoms with van der Waals surface area (Å²) in [7, 11) is 0. The van der Waals surface area contributed by atoms with Gasteiger partial charge in [0.2, 0.25) is 5.95 Å². The summed E-state index contributed by atoms with van der Waals surface area (Å²) in [5.41, 5.74) is 1.07. The van der Waals surface area contributed by atoms with Crippen molar-refractivity contribution >= 4 is 11.8 Å². The maximum atomic E-state index is 4.86. The van der Waals surface area contributed by atoms with Crippen LogP contribution < -0.4 is 9.80 Å². The molecule has 0 bridgehead atoms. The van der Waals surface area contributed by atoms with E-state index in [4.69, 9.17) is 4.98 Å². The Bertz CT molecular complexity index is 432. The molecule has 118 valence electrons. The fourth-order valence-corrected chi connectivity index (χ4v) is 2.93. The lowest BCUT2D eigenvalue weighted by molar-refractivity contribution is 0.436. The van der Waals surface area contributed by atoms with Crippen LogP contribution in [0.25, 0.3) is 0 Å². The van der Waals surface area contributed by atoms with Crippen molar-refractivity contribution < 1.29 is 0 Å². The first-order valence-electron chi connectivity index (χ1n) is 8.49. The average Bonchev–Trinajstić information content (AvgIpc) is 2.47. The third kappa shape index (κ3) is 4.32. The molecule has 1 saturated heterocycles. The van der Waals surface area contributed by atoms with Gasteiger partial charge in [-0.05, 0) is 38.5 Å². The molecule has 21 heavy (non-hydrogen) atoms. The first-order valence-corrected chi connectivity index (χ1v) is 8.49. The largest absolute Gasteiger partial charge is 0.356 e. The highest BCUT2D eigenvalue weighted by Crippen LogP contribution is 2.23. The molecule has 0 atom stereocenters. The molecule has 1 aromatic rings. The SMILES string of the molecule is CCCN(CCC)c1nc(C)cc(N2CCC(C)CC2)n1. The fraction of sp³-hybridized carbons (Fsp3) is 0.765. The topological polar surface area (TPSA) is 32.3 Å².